The van der Waals surface area contributed by atoms with Gasteiger partial charge in [0.2, 0.25) is 116 Å². The van der Waals surface area contributed by atoms with E-state index >= 15 is 0 Å². The molecule has 4 aromatic carbocycles. The summed E-state index contributed by atoms with van der Waals surface area (Å²) in [6, 6.07) is 0. The van der Waals surface area contributed by atoms with Gasteiger partial charge in [0.25, 0.3) is 0 Å². The van der Waals surface area contributed by atoms with Crippen LogP contribution in [0.25, 0.3) is 0 Å². The van der Waals surface area contributed by atoms with Crippen molar-refractivity contribution in [1.29, 1.82) is 0 Å². The van der Waals surface area contributed by atoms with E-state index in [1.807, 2.05) is 0 Å². The van der Waals surface area contributed by atoms with E-state index in [2.05, 4.69) is 0 Å². The topological polar surface area (TPSA) is 150 Å². The van der Waals surface area contributed by atoms with Crippen molar-refractivity contribution in [2.45, 2.75) is 0 Å². The van der Waals surface area contributed by atoms with Gasteiger partial charge in [0.1, 0.15) is 0 Å². The van der Waals surface area contributed by atoms with Crippen molar-refractivity contribution in [2.24, 2.45) is 0 Å². The molecular weight excluding hydrogens is 899 g/mol. The van der Waals surface area contributed by atoms with E-state index in [9.17, 15) is 87.8 Å². The van der Waals surface area contributed by atoms with E-state index in [-0.39, 0.29) is 22.4 Å². The molecule has 29 heteroatoms. The average molecular weight is 903 g/mol. The standard InChI is InChI=1S/4C6HF5O.Ag.BO3/c4*7-1-2(8)4(10)6(12)5(11)3(1)9;;2-1(3)4/h4*12H;;/q;;;;;-3. The normalized spacial score (nSPS) is 9.94. The van der Waals surface area contributed by atoms with E-state index in [1.54, 1.807) is 0 Å². The Labute approximate surface area is 292 Å². The van der Waals surface area contributed by atoms with Gasteiger partial charge in [-0.3, -0.25) is 7.32 Å². The van der Waals surface area contributed by atoms with Crippen LogP contribution in [-0.4, -0.2) is 27.7 Å². The molecule has 0 saturated carbocycles. The minimum atomic E-state index is -2.92. The second-order valence-electron chi connectivity index (χ2n) is 7.96. The fraction of sp³-hybridized carbons (Fsp3) is 0. The molecule has 299 valence electrons. The van der Waals surface area contributed by atoms with Crippen molar-refractivity contribution in [2.75, 3.05) is 0 Å². The number of hydrogen-bond donors (Lipinski definition) is 4. The molecule has 0 atom stereocenters. The van der Waals surface area contributed by atoms with Gasteiger partial charge in [-0.1, -0.05) is 0 Å². The molecule has 0 aliphatic heterocycles. The molecule has 0 unspecified atom stereocenters. The third-order valence-corrected chi connectivity index (χ3v) is 4.75. The molecule has 4 rings (SSSR count). The second kappa shape index (κ2) is 20.6. The van der Waals surface area contributed by atoms with Crippen LogP contribution in [0.3, 0.4) is 0 Å². The predicted octanol–water partition coefficient (Wildman–Crippen LogP) is 4.40. The largest absolute Gasteiger partial charge is 0.907 e. The van der Waals surface area contributed by atoms with Crippen LogP contribution in [0, 0.1) is 116 Å². The zero-order chi connectivity index (χ0) is 41.4. The van der Waals surface area contributed by atoms with Crippen molar-refractivity contribution in [3.63, 3.8) is 0 Å². The fourth-order valence-corrected chi connectivity index (χ4v) is 2.37. The van der Waals surface area contributed by atoms with Gasteiger partial charge in [0.05, 0.1) is 0 Å². The minimum Gasteiger partial charge on any atom is -0.907 e. The van der Waals surface area contributed by atoms with E-state index in [4.69, 9.17) is 35.5 Å². The summed E-state index contributed by atoms with van der Waals surface area (Å²) >= 11 is 0. The predicted molar refractivity (Wildman–Crippen MR) is 117 cm³/mol. The van der Waals surface area contributed by atoms with Crippen LogP contribution in [0.4, 0.5) is 87.8 Å². The van der Waals surface area contributed by atoms with Gasteiger partial charge in [-0.05, 0) is 0 Å². The van der Waals surface area contributed by atoms with Gasteiger partial charge in [0, 0.05) is 22.4 Å². The third kappa shape index (κ3) is 11.7. The molecule has 4 aromatic rings. The van der Waals surface area contributed by atoms with Crippen LogP contribution in [0.15, 0.2) is 0 Å². The zero-order valence-corrected chi connectivity index (χ0v) is 24.9. The Hall–Kier alpha value is -4.63. The fourth-order valence-electron chi connectivity index (χ4n) is 2.37. The second-order valence-corrected chi connectivity index (χ2v) is 7.96. The van der Waals surface area contributed by atoms with Crippen molar-refractivity contribution in [3.05, 3.63) is 116 Å². The Morgan fingerprint density at radius 1 is 0.226 bits per heavy atom. The number of benzene rings is 4. The molecule has 0 heterocycles. The van der Waals surface area contributed by atoms with Crippen LogP contribution in [0.1, 0.15) is 0 Å². The minimum absolute atomic E-state index is 0. The molecular formula is C24H4AgBF20O7-3. The number of rotatable bonds is 0. The van der Waals surface area contributed by atoms with Gasteiger partial charge in [-0.2, -0.15) is 35.1 Å². The summed E-state index contributed by atoms with van der Waals surface area (Å²) in [5.41, 5.74) is 0. The molecule has 4 N–H and O–H groups in total. The Balaban J connectivity index is 0. The molecule has 0 fully saturated rings. The molecule has 0 bridgehead atoms. The van der Waals surface area contributed by atoms with E-state index in [0.29, 0.717) is 0 Å². The summed E-state index contributed by atoms with van der Waals surface area (Å²) in [4.78, 5) is 0. The summed E-state index contributed by atoms with van der Waals surface area (Å²) in [5.74, 6) is -51.8. The molecule has 0 spiro atoms. The smallest absolute Gasteiger partial charge is 0.206 e. The van der Waals surface area contributed by atoms with Crippen molar-refractivity contribution >= 4 is 7.32 Å². The molecule has 0 aliphatic rings. The average Bonchev–Trinajstić information content (AvgIpc) is 3.11. The summed E-state index contributed by atoms with van der Waals surface area (Å²) in [7, 11) is -2.92. The monoisotopic (exact) mass is 902 g/mol. The van der Waals surface area contributed by atoms with Crippen molar-refractivity contribution in [3.8, 4) is 23.0 Å². The molecule has 0 amide bonds. The summed E-state index contributed by atoms with van der Waals surface area (Å²) in [5, 5.41) is 58.4. The van der Waals surface area contributed by atoms with Gasteiger partial charge in [-0.25, -0.2) is 52.7 Å². The van der Waals surface area contributed by atoms with Crippen LogP contribution in [-0.2, 0) is 22.4 Å². The van der Waals surface area contributed by atoms with E-state index in [0.717, 1.165) is 0 Å². The molecule has 53 heavy (non-hydrogen) atoms. The van der Waals surface area contributed by atoms with Crippen LogP contribution < -0.4 is 15.1 Å². The van der Waals surface area contributed by atoms with Crippen molar-refractivity contribution < 1.29 is 146 Å². The first-order valence-electron chi connectivity index (χ1n) is 11.4. The number of aromatic hydroxyl groups is 4. The van der Waals surface area contributed by atoms with E-state index in [1.165, 1.54) is 0 Å². The Kier molecular flexibility index (Phi) is 19.6. The maximum Gasteiger partial charge on any atom is 0.206 e. The van der Waals surface area contributed by atoms with Crippen LogP contribution in [0.5, 0.6) is 23.0 Å². The Morgan fingerprint density at radius 2 is 0.283 bits per heavy atom. The molecule has 7 nitrogen and oxygen atoms in total. The molecule has 0 saturated heterocycles. The first kappa shape index (κ1) is 50.5. The first-order chi connectivity index (χ1) is 23.6. The number of phenols is 4. The van der Waals surface area contributed by atoms with Gasteiger partial charge >= 0.3 is 0 Å². The molecule has 0 aromatic heterocycles. The Morgan fingerprint density at radius 3 is 0.358 bits per heavy atom. The third-order valence-electron chi connectivity index (χ3n) is 4.75. The maximum absolute atomic E-state index is 12.2. The van der Waals surface area contributed by atoms with Gasteiger partial charge in [-0.15, -0.1) is 0 Å². The number of hydrogen-bond acceptors (Lipinski definition) is 7. The quantitative estimate of drug-likeness (QED) is 0.0886. The van der Waals surface area contributed by atoms with Crippen molar-refractivity contribution in [1.82, 2.24) is 0 Å². The molecule has 1 radical (unpaired) electrons. The maximum atomic E-state index is 12.2. The Bertz CT molecular complexity index is 1260. The summed E-state index contributed by atoms with van der Waals surface area (Å²) in [6.45, 7) is 0. The number of phenolic OH excluding ortho intramolecular Hbond substituents is 4. The van der Waals surface area contributed by atoms with Gasteiger partial charge in [0.15, 0.2) is 23.0 Å². The van der Waals surface area contributed by atoms with Gasteiger partial charge < -0.3 is 35.5 Å². The number of halogens is 20. The van der Waals surface area contributed by atoms with Crippen LogP contribution in [0.2, 0.25) is 0 Å². The zero-order valence-electron chi connectivity index (χ0n) is 23.5. The molecule has 0 aliphatic carbocycles. The first-order valence-corrected chi connectivity index (χ1v) is 11.4. The van der Waals surface area contributed by atoms with Crippen LogP contribution >= 0.6 is 0 Å². The summed E-state index contributed by atoms with van der Waals surface area (Å²) in [6.07, 6.45) is 0. The summed E-state index contributed by atoms with van der Waals surface area (Å²) < 4.78 is 243. The van der Waals surface area contributed by atoms with E-state index < -0.39 is 147 Å². The SMILES string of the molecule is Oc1c(F)c(F)c(F)c(F)c1F.Oc1c(F)c(F)c(F)c(F)c1F.Oc1c(F)c(F)c(F)c(F)c1F.Oc1c(F)c(F)c(F)c(F)c1F.[Ag].[O-]B([O-])[O-].